The van der Waals surface area contributed by atoms with Gasteiger partial charge in [-0.1, -0.05) is 67.0 Å². The summed E-state index contributed by atoms with van der Waals surface area (Å²) >= 11 is 0. The molecule has 0 aliphatic carbocycles. The highest BCUT2D eigenvalue weighted by atomic mass is 16.7. The van der Waals surface area contributed by atoms with E-state index in [1.165, 1.54) is 0 Å². The van der Waals surface area contributed by atoms with Crippen LogP contribution in [-0.2, 0) is 32.0 Å². The van der Waals surface area contributed by atoms with E-state index in [2.05, 4.69) is 26.0 Å². The molecule has 1 saturated heterocycles. The lowest BCUT2D eigenvalue weighted by molar-refractivity contribution is -0.0334. The van der Waals surface area contributed by atoms with E-state index in [-0.39, 0.29) is 18.1 Å². The summed E-state index contributed by atoms with van der Waals surface area (Å²) in [6.45, 7) is 19.0. The zero-order valence-corrected chi connectivity index (χ0v) is 33.3. The summed E-state index contributed by atoms with van der Waals surface area (Å²) in [5.74, 6) is 3.45. The summed E-state index contributed by atoms with van der Waals surface area (Å²) in [7, 11) is 2.87. The van der Waals surface area contributed by atoms with E-state index in [1.54, 1.807) is 14.2 Å². The van der Waals surface area contributed by atoms with Crippen molar-refractivity contribution in [3.63, 3.8) is 0 Å². The number of hydrogen-bond donors (Lipinski definition) is 2. The SMILES string of the molecule is CC[C@@H](/C=C(\C)[C@H](C/C=C/B1OC(C)(C)C(C)(C)O1)OCc1ccc(OC)cc1)[C@@H](O)/C(C)=C/C(C)=C/C[C@H](O)[C@@H](C)OCc1ccc(OC)cc1. The molecule has 0 spiro atoms. The molecule has 1 aliphatic rings. The molecule has 8 nitrogen and oxygen atoms in total. The van der Waals surface area contributed by atoms with Gasteiger partial charge in [-0.2, -0.15) is 0 Å². The van der Waals surface area contributed by atoms with Crippen LogP contribution in [-0.4, -0.2) is 67.2 Å². The molecule has 0 unspecified atom stereocenters. The molecule has 0 saturated carbocycles. The number of ether oxygens (including phenoxy) is 4. The number of rotatable bonds is 20. The zero-order chi connectivity index (χ0) is 38.5. The van der Waals surface area contributed by atoms with Gasteiger partial charge in [-0.25, -0.2) is 0 Å². The molecule has 5 atom stereocenters. The van der Waals surface area contributed by atoms with Gasteiger partial charge < -0.3 is 38.5 Å². The molecule has 52 heavy (non-hydrogen) atoms. The number of allylic oxidation sites excluding steroid dienone is 2. The molecule has 1 fully saturated rings. The summed E-state index contributed by atoms with van der Waals surface area (Å²) in [5, 5.41) is 22.2. The minimum Gasteiger partial charge on any atom is -0.497 e. The molecule has 9 heteroatoms. The van der Waals surface area contributed by atoms with Gasteiger partial charge >= 0.3 is 7.12 Å². The van der Waals surface area contributed by atoms with Gasteiger partial charge in [0.1, 0.15) is 11.5 Å². The van der Waals surface area contributed by atoms with Gasteiger partial charge in [-0.15, -0.1) is 0 Å². The van der Waals surface area contributed by atoms with Crippen LogP contribution in [0.25, 0.3) is 0 Å². The number of benzene rings is 2. The van der Waals surface area contributed by atoms with Crippen molar-refractivity contribution >= 4 is 7.12 Å². The summed E-state index contributed by atoms with van der Waals surface area (Å²) < 4.78 is 35.3. The Kier molecular flexibility index (Phi) is 16.9. The van der Waals surface area contributed by atoms with Crippen LogP contribution in [0.15, 0.2) is 95.5 Å². The number of methoxy groups -OCH3 is 2. The molecule has 0 aromatic heterocycles. The fraction of sp³-hybridized carbons (Fsp3) is 0.535. The summed E-state index contributed by atoms with van der Waals surface area (Å²) in [4.78, 5) is 0. The first-order chi connectivity index (χ1) is 24.6. The predicted octanol–water partition coefficient (Wildman–Crippen LogP) is 8.75. The van der Waals surface area contributed by atoms with E-state index in [0.29, 0.717) is 26.1 Å². The first-order valence-corrected chi connectivity index (χ1v) is 18.5. The third-order valence-electron chi connectivity index (χ3n) is 10.2. The standard InChI is InChI=1S/C43H63BO8/c1-12-36(41(46)32(4)26-30(2)15-24-39(45)33(5)49-28-34-16-20-37(47-10)21-17-34)27-31(3)40(50-29-35-18-22-38(48-11)23-19-35)14-13-25-44-51-42(6,7)43(8,9)52-44/h13,15-23,25-27,33,36,39-41,45-46H,12,14,24,28-29H2,1-11H3/b25-13+,30-15+,31-27+,32-26+/t33-,36+,39+,40+,41+/m1/s1. The Morgan fingerprint density at radius 3 is 1.81 bits per heavy atom. The maximum atomic E-state index is 11.5. The second-order valence-electron chi connectivity index (χ2n) is 14.9. The highest BCUT2D eigenvalue weighted by Crippen LogP contribution is 2.37. The third kappa shape index (κ3) is 13.0. The largest absolute Gasteiger partial charge is 0.497 e. The van der Waals surface area contributed by atoms with Crippen LogP contribution in [0.2, 0.25) is 0 Å². The van der Waals surface area contributed by atoms with Crippen LogP contribution >= 0.6 is 0 Å². The normalized spacial score (nSPS) is 19.4. The molecule has 2 aromatic rings. The van der Waals surface area contributed by atoms with Gasteiger partial charge in [0.15, 0.2) is 0 Å². The first-order valence-electron chi connectivity index (χ1n) is 18.5. The molecule has 2 aromatic carbocycles. The van der Waals surface area contributed by atoms with E-state index in [0.717, 1.165) is 45.8 Å². The topological polar surface area (TPSA) is 95.8 Å². The fourth-order valence-corrected chi connectivity index (χ4v) is 5.86. The number of aliphatic hydroxyl groups is 2. The van der Waals surface area contributed by atoms with Crippen LogP contribution in [0.5, 0.6) is 11.5 Å². The molecule has 1 heterocycles. The smallest absolute Gasteiger partial charge is 0.486 e. The maximum absolute atomic E-state index is 11.5. The highest BCUT2D eigenvalue weighted by Gasteiger charge is 2.50. The highest BCUT2D eigenvalue weighted by molar-refractivity contribution is 6.51. The Morgan fingerprint density at radius 1 is 0.788 bits per heavy atom. The molecule has 3 rings (SSSR count). The van der Waals surface area contributed by atoms with E-state index in [9.17, 15) is 10.2 Å². The summed E-state index contributed by atoms with van der Waals surface area (Å²) in [5.41, 5.74) is 4.13. The Balaban J connectivity index is 1.66. The zero-order valence-electron chi connectivity index (χ0n) is 33.3. The second kappa shape index (κ2) is 20.3. The van der Waals surface area contributed by atoms with Crippen molar-refractivity contribution in [2.24, 2.45) is 5.92 Å². The Bertz CT molecular complexity index is 1480. The summed E-state index contributed by atoms with van der Waals surface area (Å²) in [6.07, 6.45) is 8.12. The van der Waals surface area contributed by atoms with Gasteiger partial charge in [-0.05, 0) is 121 Å². The monoisotopic (exact) mass is 718 g/mol. The fourth-order valence-electron chi connectivity index (χ4n) is 5.86. The molecular weight excluding hydrogens is 655 g/mol. The van der Waals surface area contributed by atoms with Crippen LogP contribution in [0, 0.1) is 5.92 Å². The van der Waals surface area contributed by atoms with Crippen molar-refractivity contribution in [3.05, 3.63) is 107 Å². The average Bonchev–Trinajstić information content (AvgIpc) is 3.34. The maximum Gasteiger partial charge on any atom is 0.486 e. The van der Waals surface area contributed by atoms with Crippen molar-refractivity contribution in [1.82, 2.24) is 0 Å². The molecule has 2 N–H and O–H groups in total. The van der Waals surface area contributed by atoms with Crippen molar-refractivity contribution in [3.8, 4) is 11.5 Å². The Labute approximate surface area is 313 Å². The lowest BCUT2D eigenvalue weighted by Gasteiger charge is -2.32. The van der Waals surface area contributed by atoms with E-state index >= 15 is 0 Å². The quantitative estimate of drug-likeness (QED) is 0.0798. The lowest BCUT2D eigenvalue weighted by Crippen LogP contribution is -2.41. The van der Waals surface area contributed by atoms with Gasteiger partial charge in [0.25, 0.3) is 0 Å². The Morgan fingerprint density at radius 2 is 1.31 bits per heavy atom. The van der Waals surface area contributed by atoms with E-state index in [4.69, 9.17) is 28.3 Å². The van der Waals surface area contributed by atoms with Gasteiger partial charge in [0.05, 0.1) is 63.1 Å². The minimum absolute atomic E-state index is 0.111. The predicted molar refractivity (Wildman–Crippen MR) is 210 cm³/mol. The first kappa shape index (κ1) is 43.2. The van der Waals surface area contributed by atoms with Gasteiger partial charge in [-0.3, -0.25) is 0 Å². The van der Waals surface area contributed by atoms with Crippen LogP contribution in [0.3, 0.4) is 0 Å². The molecular formula is C43H63BO8. The number of aliphatic hydroxyl groups excluding tert-OH is 2. The molecule has 0 amide bonds. The third-order valence-corrected chi connectivity index (χ3v) is 10.2. The molecule has 0 radical (unpaired) electrons. The van der Waals surface area contributed by atoms with E-state index < -0.39 is 30.5 Å². The number of hydrogen-bond acceptors (Lipinski definition) is 8. The molecule has 1 aliphatic heterocycles. The summed E-state index contributed by atoms with van der Waals surface area (Å²) in [6, 6.07) is 15.6. The van der Waals surface area contributed by atoms with Gasteiger partial charge in [0.2, 0.25) is 0 Å². The van der Waals surface area contributed by atoms with Crippen LogP contribution < -0.4 is 9.47 Å². The minimum atomic E-state index is -0.678. The Hall–Kier alpha value is -3.18. The van der Waals surface area contributed by atoms with Crippen LogP contribution in [0.1, 0.15) is 92.7 Å². The average molecular weight is 719 g/mol. The van der Waals surface area contributed by atoms with Crippen molar-refractivity contribution in [2.45, 2.75) is 130 Å². The van der Waals surface area contributed by atoms with Crippen molar-refractivity contribution < 1.29 is 38.5 Å². The van der Waals surface area contributed by atoms with E-state index in [1.807, 2.05) is 115 Å². The lowest BCUT2D eigenvalue weighted by atomic mass is 9.88. The molecule has 286 valence electrons. The van der Waals surface area contributed by atoms with Crippen LogP contribution in [0.4, 0.5) is 0 Å². The second-order valence-corrected chi connectivity index (χ2v) is 14.9. The van der Waals surface area contributed by atoms with Crippen molar-refractivity contribution in [1.29, 1.82) is 0 Å². The van der Waals surface area contributed by atoms with Gasteiger partial charge in [0, 0.05) is 5.92 Å². The van der Waals surface area contributed by atoms with Crippen molar-refractivity contribution in [2.75, 3.05) is 14.2 Å². The molecule has 0 bridgehead atoms.